The van der Waals surface area contributed by atoms with Gasteiger partial charge in [-0.3, -0.25) is 14.4 Å². The summed E-state index contributed by atoms with van der Waals surface area (Å²) in [7, 11) is 0. The molecular weight excluding hydrogens is 318 g/mol. The number of hydrogen-bond acceptors (Lipinski definition) is 4. The van der Waals surface area contributed by atoms with E-state index in [9.17, 15) is 14.4 Å². The molecule has 3 aliphatic rings. The SMILES string of the molecule is CC1(C)CC(=O)c2cc(C(=O)N3C4CCNCC3CC4)c(=O)[nH]c2C1. The molecule has 2 N–H and O–H groups in total. The molecule has 2 bridgehead atoms. The van der Waals surface area contributed by atoms with E-state index in [-0.39, 0.29) is 40.3 Å². The molecule has 1 aliphatic carbocycles. The zero-order valence-electron chi connectivity index (χ0n) is 14.9. The lowest BCUT2D eigenvalue weighted by Gasteiger charge is -2.31. The minimum absolute atomic E-state index is 0.0112. The van der Waals surface area contributed by atoms with Gasteiger partial charge in [-0.15, -0.1) is 0 Å². The van der Waals surface area contributed by atoms with E-state index in [0.717, 1.165) is 32.4 Å². The molecule has 4 rings (SSSR count). The second-order valence-corrected chi connectivity index (χ2v) is 8.44. The fourth-order valence-corrected chi connectivity index (χ4v) is 4.64. The van der Waals surface area contributed by atoms with Crippen LogP contribution in [0.1, 0.15) is 65.9 Å². The first-order valence-corrected chi connectivity index (χ1v) is 9.18. The van der Waals surface area contributed by atoms with Crippen LogP contribution in [0.4, 0.5) is 0 Å². The van der Waals surface area contributed by atoms with Crippen LogP contribution in [0.5, 0.6) is 0 Å². The van der Waals surface area contributed by atoms with Gasteiger partial charge in [0.05, 0.1) is 0 Å². The van der Waals surface area contributed by atoms with Crippen LogP contribution in [0.2, 0.25) is 0 Å². The fourth-order valence-electron chi connectivity index (χ4n) is 4.64. The second-order valence-electron chi connectivity index (χ2n) is 8.44. The van der Waals surface area contributed by atoms with E-state index < -0.39 is 0 Å². The van der Waals surface area contributed by atoms with Crippen molar-refractivity contribution in [3.8, 4) is 0 Å². The van der Waals surface area contributed by atoms with Crippen molar-refractivity contribution in [3.05, 3.63) is 33.2 Å². The predicted octanol–water partition coefficient (Wildman–Crippen LogP) is 1.50. The largest absolute Gasteiger partial charge is 0.331 e. The minimum atomic E-state index is -0.370. The molecule has 0 spiro atoms. The summed E-state index contributed by atoms with van der Waals surface area (Å²) in [5, 5.41) is 3.36. The number of amides is 1. The molecule has 25 heavy (non-hydrogen) atoms. The van der Waals surface area contributed by atoms with Crippen LogP contribution in [-0.2, 0) is 6.42 Å². The number of fused-ring (bicyclic) bond motifs is 3. The molecule has 6 heteroatoms. The van der Waals surface area contributed by atoms with Gasteiger partial charge in [-0.25, -0.2) is 0 Å². The molecule has 3 heterocycles. The highest BCUT2D eigenvalue weighted by Crippen LogP contribution is 2.34. The van der Waals surface area contributed by atoms with Gasteiger partial charge in [0.2, 0.25) is 0 Å². The number of aromatic amines is 1. The Morgan fingerprint density at radius 1 is 1.16 bits per heavy atom. The van der Waals surface area contributed by atoms with Crippen LogP contribution >= 0.6 is 0 Å². The standard InChI is InChI=1S/C19H25N3O3/c1-19(2)8-15-13(16(23)9-19)7-14(17(24)21-15)18(25)22-11-3-4-12(22)10-20-6-5-11/h7,11-12,20H,3-6,8-10H2,1-2H3,(H,21,24). The van der Waals surface area contributed by atoms with Crippen LogP contribution in [0, 0.1) is 5.41 Å². The van der Waals surface area contributed by atoms with Crippen molar-refractivity contribution in [2.45, 2.75) is 58.0 Å². The molecule has 1 aromatic heterocycles. The molecule has 134 valence electrons. The molecule has 2 atom stereocenters. The fraction of sp³-hybridized carbons (Fsp3) is 0.632. The average molecular weight is 343 g/mol. The molecule has 0 aromatic carbocycles. The molecule has 2 saturated heterocycles. The smallest absolute Gasteiger partial charge is 0.261 e. The van der Waals surface area contributed by atoms with Crippen LogP contribution in [0.25, 0.3) is 0 Å². The number of rotatable bonds is 1. The third-order valence-corrected chi connectivity index (χ3v) is 5.84. The summed E-state index contributed by atoms with van der Waals surface area (Å²) in [6.45, 7) is 5.72. The molecular formula is C19H25N3O3. The summed E-state index contributed by atoms with van der Waals surface area (Å²) in [6.07, 6.45) is 3.97. The number of carbonyl (C=O) groups is 2. The quantitative estimate of drug-likeness (QED) is 0.809. The van der Waals surface area contributed by atoms with E-state index in [1.54, 1.807) is 6.07 Å². The summed E-state index contributed by atoms with van der Waals surface area (Å²) in [6, 6.07) is 1.88. The Labute approximate surface area is 147 Å². The first kappa shape index (κ1) is 16.5. The van der Waals surface area contributed by atoms with Crippen molar-refractivity contribution in [3.63, 3.8) is 0 Å². The number of carbonyl (C=O) groups excluding carboxylic acids is 2. The van der Waals surface area contributed by atoms with E-state index in [4.69, 9.17) is 0 Å². The molecule has 2 unspecified atom stereocenters. The van der Waals surface area contributed by atoms with E-state index >= 15 is 0 Å². The van der Waals surface area contributed by atoms with Crippen molar-refractivity contribution in [2.24, 2.45) is 5.41 Å². The van der Waals surface area contributed by atoms with E-state index in [1.165, 1.54) is 0 Å². The van der Waals surface area contributed by atoms with Crippen molar-refractivity contribution in [1.82, 2.24) is 15.2 Å². The van der Waals surface area contributed by atoms with Crippen molar-refractivity contribution in [1.29, 1.82) is 0 Å². The van der Waals surface area contributed by atoms with Gasteiger partial charge >= 0.3 is 0 Å². The van der Waals surface area contributed by atoms with E-state index in [0.29, 0.717) is 24.1 Å². The number of ketones is 1. The zero-order chi connectivity index (χ0) is 17.8. The number of aromatic nitrogens is 1. The number of Topliss-reactive ketones (excluding diaryl/α,β-unsaturated/α-hetero) is 1. The molecule has 1 amide bonds. The maximum Gasteiger partial charge on any atom is 0.261 e. The molecule has 0 saturated carbocycles. The molecule has 1 aromatic rings. The third-order valence-electron chi connectivity index (χ3n) is 5.84. The van der Waals surface area contributed by atoms with E-state index in [2.05, 4.69) is 10.3 Å². The normalized spacial score (nSPS) is 27.8. The summed E-state index contributed by atoms with van der Waals surface area (Å²) >= 11 is 0. The van der Waals surface area contributed by atoms with Crippen LogP contribution in [-0.4, -0.2) is 46.7 Å². The van der Waals surface area contributed by atoms with Gasteiger partial charge in [0.25, 0.3) is 11.5 Å². The summed E-state index contributed by atoms with van der Waals surface area (Å²) in [5.41, 5.74) is 0.774. The molecule has 2 aliphatic heterocycles. The van der Waals surface area contributed by atoms with Gasteiger partial charge < -0.3 is 15.2 Å². The van der Waals surface area contributed by atoms with Crippen LogP contribution in [0.15, 0.2) is 10.9 Å². The third kappa shape index (κ3) is 2.82. The minimum Gasteiger partial charge on any atom is -0.331 e. The number of hydrogen-bond donors (Lipinski definition) is 2. The highest BCUT2D eigenvalue weighted by atomic mass is 16.2. The van der Waals surface area contributed by atoms with Gasteiger partial charge in [-0.05, 0) is 43.7 Å². The highest BCUT2D eigenvalue weighted by molar-refractivity contribution is 6.02. The molecule has 6 nitrogen and oxygen atoms in total. The maximum atomic E-state index is 13.1. The number of nitrogens with zero attached hydrogens (tertiary/aromatic N) is 1. The zero-order valence-corrected chi connectivity index (χ0v) is 14.9. The molecule has 2 fully saturated rings. The maximum absolute atomic E-state index is 13.1. The lowest BCUT2D eigenvalue weighted by atomic mass is 9.75. The number of nitrogens with one attached hydrogen (secondary N) is 2. The monoisotopic (exact) mass is 343 g/mol. The van der Waals surface area contributed by atoms with Gasteiger partial charge in [-0.2, -0.15) is 0 Å². The lowest BCUT2D eigenvalue weighted by Crippen LogP contribution is -2.44. The number of H-pyrrole nitrogens is 1. The van der Waals surface area contributed by atoms with E-state index in [1.807, 2.05) is 18.7 Å². The highest BCUT2D eigenvalue weighted by Gasteiger charge is 2.40. The van der Waals surface area contributed by atoms with Crippen molar-refractivity contribution < 1.29 is 9.59 Å². The van der Waals surface area contributed by atoms with Crippen molar-refractivity contribution >= 4 is 11.7 Å². The summed E-state index contributed by atoms with van der Waals surface area (Å²) < 4.78 is 0. The molecule has 0 radical (unpaired) electrons. The lowest BCUT2D eigenvalue weighted by molar-refractivity contribution is 0.0678. The Morgan fingerprint density at radius 3 is 2.72 bits per heavy atom. The van der Waals surface area contributed by atoms with Gasteiger partial charge in [0.15, 0.2) is 5.78 Å². The second kappa shape index (κ2) is 5.80. The Morgan fingerprint density at radius 2 is 1.92 bits per heavy atom. The average Bonchev–Trinajstić information content (AvgIpc) is 2.77. The summed E-state index contributed by atoms with van der Waals surface area (Å²) in [4.78, 5) is 42.9. The van der Waals surface area contributed by atoms with Crippen molar-refractivity contribution in [2.75, 3.05) is 13.1 Å². The van der Waals surface area contributed by atoms with Crippen LogP contribution in [0.3, 0.4) is 0 Å². The Kier molecular flexibility index (Phi) is 3.83. The first-order chi connectivity index (χ1) is 11.9. The Hall–Kier alpha value is -1.95. The van der Waals surface area contributed by atoms with Gasteiger partial charge in [0, 0.05) is 36.3 Å². The number of pyridine rings is 1. The predicted molar refractivity (Wildman–Crippen MR) is 94.0 cm³/mol. The van der Waals surface area contributed by atoms with Gasteiger partial charge in [0.1, 0.15) is 5.56 Å². The topological polar surface area (TPSA) is 82.3 Å². The Bertz CT molecular complexity index is 782. The van der Waals surface area contributed by atoms with Gasteiger partial charge in [-0.1, -0.05) is 13.8 Å². The van der Waals surface area contributed by atoms with Crippen LogP contribution < -0.4 is 10.9 Å². The first-order valence-electron chi connectivity index (χ1n) is 9.18. The summed E-state index contributed by atoms with van der Waals surface area (Å²) in [5.74, 6) is -0.213. The Balaban J connectivity index is 1.72.